The van der Waals surface area contributed by atoms with Crippen molar-refractivity contribution in [2.24, 2.45) is 0 Å². The van der Waals surface area contributed by atoms with Crippen molar-refractivity contribution in [1.29, 1.82) is 0 Å². The molecule has 0 aliphatic carbocycles. The Kier molecular flexibility index (Phi) is 6.06. The molecule has 3 nitrogen and oxygen atoms in total. The number of carbonyl (C=O) groups excluding carboxylic acids is 1. The SMILES string of the molecule is CCCCC(=O)NC1CCCN(Cc2ccccc2)C1. The minimum atomic E-state index is 0.221. The maximum Gasteiger partial charge on any atom is 0.220 e. The Hall–Kier alpha value is -1.35. The largest absolute Gasteiger partial charge is 0.352 e. The van der Waals surface area contributed by atoms with Crippen LogP contribution in [0.15, 0.2) is 30.3 Å². The number of amides is 1. The summed E-state index contributed by atoms with van der Waals surface area (Å²) in [7, 11) is 0. The van der Waals surface area contributed by atoms with Crippen LogP contribution in [-0.2, 0) is 11.3 Å². The third-order valence-electron chi connectivity index (χ3n) is 3.88. The molecule has 1 aliphatic rings. The highest BCUT2D eigenvalue weighted by molar-refractivity contribution is 5.76. The van der Waals surface area contributed by atoms with Gasteiger partial charge in [-0.2, -0.15) is 0 Å². The zero-order chi connectivity index (χ0) is 14.2. The first-order chi connectivity index (χ1) is 9.78. The summed E-state index contributed by atoms with van der Waals surface area (Å²) in [5.74, 6) is 0.221. The van der Waals surface area contributed by atoms with Gasteiger partial charge in [-0.05, 0) is 31.4 Å². The number of unbranched alkanes of at least 4 members (excludes halogenated alkanes) is 1. The number of piperidine rings is 1. The first-order valence-electron chi connectivity index (χ1n) is 7.83. The first kappa shape index (κ1) is 15.0. The Labute approximate surface area is 122 Å². The van der Waals surface area contributed by atoms with Crippen LogP contribution in [0.5, 0.6) is 0 Å². The smallest absolute Gasteiger partial charge is 0.220 e. The molecule has 3 heteroatoms. The van der Waals surface area contributed by atoms with Gasteiger partial charge >= 0.3 is 0 Å². The van der Waals surface area contributed by atoms with E-state index in [2.05, 4.69) is 47.5 Å². The maximum absolute atomic E-state index is 11.8. The standard InChI is InChI=1S/C17H26N2O/c1-2-3-11-17(20)18-16-10-7-12-19(14-16)13-15-8-5-4-6-9-15/h4-6,8-9,16H,2-3,7,10-14H2,1H3,(H,18,20). The number of likely N-dealkylation sites (tertiary alicyclic amines) is 1. The van der Waals surface area contributed by atoms with Gasteiger partial charge in [-0.25, -0.2) is 0 Å². The van der Waals surface area contributed by atoms with Crippen molar-refractivity contribution in [1.82, 2.24) is 10.2 Å². The number of rotatable bonds is 6. The van der Waals surface area contributed by atoms with Gasteiger partial charge in [-0.3, -0.25) is 9.69 Å². The van der Waals surface area contributed by atoms with E-state index >= 15 is 0 Å². The molecule has 0 spiro atoms. The van der Waals surface area contributed by atoms with Gasteiger partial charge in [0.05, 0.1) is 0 Å². The third-order valence-corrected chi connectivity index (χ3v) is 3.88. The molecule has 1 aromatic rings. The number of hydrogen-bond donors (Lipinski definition) is 1. The Morgan fingerprint density at radius 3 is 2.90 bits per heavy atom. The van der Waals surface area contributed by atoms with E-state index in [0.29, 0.717) is 12.5 Å². The van der Waals surface area contributed by atoms with Crippen molar-refractivity contribution in [3.8, 4) is 0 Å². The second-order valence-electron chi connectivity index (χ2n) is 5.73. The van der Waals surface area contributed by atoms with Gasteiger partial charge in [0.1, 0.15) is 0 Å². The fraction of sp³-hybridized carbons (Fsp3) is 0.588. The van der Waals surface area contributed by atoms with E-state index in [9.17, 15) is 4.79 Å². The summed E-state index contributed by atoms with van der Waals surface area (Å²) in [5, 5.41) is 3.19. The highest BCUT2D eigenvalue weighted by atomic mass is 16.1. The van der Waals surface area contributed by atoms with Crippen LogP contribution < -0.4 is 5.32 Å². The van der Waals surface area contributed by atoms with Crippen molar-refractivity contribution in [2.45, 2.75) is 51.6 Å². The molecule has 1 fully saturated rings. The van der Waals surface area contributed by atoms with Crippen LogP contribution in [0.4, 0.5) is 0 Å². The van der Waals surface area contributed by atoms with E-state index in [1.807, 2.05) is 0 Å². The van der Waals surface area contributed by atoms with Crippen molar-refractivity contribution >= 4 is 5.91 Å². The van der Waals surface area contributed by atoms with Crippen LogP contribution >= 0.6 is 0 Å². The quantitative estimate of drug-likeness (QED) is 0.865. The lowest BCUT2D eigenvalue weighted by Gasteiger charge is -2.33. The highest BCUT2D eigenvalue weighted by Gasteiger charge is 2.21. The van der Waals surface area contributed by atoms with Gasteiger partial charge in [0.15, 0.2) is 0 Å². The third kappa shape index (κ3) is 4.97. The molecule has 2 rings (SSSR count). The molecule has 20 heavy (non-hydrogen) atoms. The zero-order valence-electron chi connectivity index (χ0n) is 12.5. The van der Waals surface area contributed by atoms with Crippen molar-refractivity contribution in [2.75, 3.05) is 13.1 Å². The van der Waals surface area contributed by atoms with E-state index < -0.39 is 0 Å². The van der Waals surface area contributed by atoms with Crippen LogP contribution in [0.1, 0.15) is 44.6 Å². The van der Waals surface area contributed by atoms with Gasteiger partial charge in [-0.15, -0.1) is 0 Å². The summed E-state index contributed by atoms with van der Waals surface area (Å²) in [6.45, 7) is 5.22. The predicted octanol–water partition coefficient (Wildman–Crippen LogP) is 2.96. The van der Waals surface area contributed by atoms with E-state index in [4.69, 9.17) is 0 Å². The molecule has 1 amide bonds. The maximum atomic E-state index is 11.8. The van der Waals surface area contributed by atoms with Crippen LogP contribution in [0.3, 0.4) is 0 Å². The summed E-state index contributed by atoms with van der Waals surface area (Å²) in [4.78, 5) is 14.3. The van der Waals surface area contributed by atoms with E-state index in [0.717, 1.165) is 38.9 Å². The molecule has 1 unspecified atom stereocenters. The second-order valence-corrected chi connectivity index (χ2v) is 5.73. The minimum absolute atomic E-state index is 0.221. The molecule has 1 aliphatic heterocycles. The lowest BCUT2D eigenvalue weighted by molar-refractivity contribution is -0.122. The normalized spacial score (nSPS) is 19.8. The molecule has 1 N–H and O–H groups in total. The van der Waals surface area contributed by atoms with Crippen molar-refractivity contribution in [3.63, 3.8) is 0 Å². The van der Waals surface area contributed by atoms with E-state index in [1.165, 1.54) is 12.0 Å². The Morgan fingerprint density at radius 1 is 1.35 bits per heavy atom. The monoisotopic (exact) mass is 274 g/mol. The molecule has 1 atom stereocenters. The summed E-state index contributed by atoms with van der Waals surface area (Å²) >= 11 is 0. The Bertz CT molecular complexity index is 405. The van der Waals surface area contributed by atoms with Crippen LogP contribution in [0, 0.1) is 0 Å². The minimum Gasteiger partial charge on any atom is -0.352 e. The molecule has 0 bridgehead atoms. The molecular weight excluding hydrogens is 248 g/mol. The average Bonchev–Trinajstić information content (AvgIpc) is 2.46. The second kappa shape index (κ2) is 8.05. The summed E-state index contributed by atoms with van der Waals surface area (Å²) in [5.41, 5.74) is 1.35. The zero-order valence-corrected chi connectivity index (χ0v) is 12.5. The molecule has 0 radical (unpaired) electrons. The fourth-order valence-corrected chi connectivity index (χ4v) is 2.80. The number of benzene rings is 1. The molecular formula is C17H26N2O. The summed E-state index contributed by atoms with van der Waals surface area (Å²) in [6.07, 6.45) is 5.03. The van der Waals surface area contributed by atoms with Gasteiger partial charge in [-0.1, -0.05) is 43.7 Å². The molecule has 0 saturated carbocycles. The Balaban J connectivity index is 1.78. The summed E-state index contributed by atoms with van der Waals surface area (Å²) < 4.78 is 0. The fourth-order valence-electron chi connectivity index (χ4n) is 2.80. The van der Waals surface area contributed by atoms with Crippen molar-refractivity contribution < 1.29 is 4.79 Å². The number of hydrogen-bond acceptors (Lipinski definition) is 2. The van der Waals surface area contributed by atoms with E-state index in [-0.39, 0.29) is 5.91 Å². The van der Waals surface area contributed by atoms with Crippen LogP contribution in [0.2, 0.25) is 0 Å². The topological polar surface area (TPSA) is 32.3 Å². The summed E-state index contributed by atoms with van der Waals surface area (Å²) in [6, 6.07) is 10.9. The van der Waals surface area contributed by atoms with Gasteiger partial charge < -0.3 is 5.32 Å². The van der Waals surface area contributed by atoms with E-state index in [1.54, 1.807) is 0 Å². The van der Waals surface area contributed by atoms with Crippen LogP contribution in [0.25, 0.3) is 0 Å². The molecule has 1 saturated heterocycles. The highest BCUT2D eigenvalue weighted by Crippen LogP contribution is 2.14. The molecule has 110 valence electrons. The number of nitrogens with one attached hydrogen (secondary N) is 1. The first-order valence-corrected chi connectivity index (χ1v) is 7.83. The lowest BCUT2D eigenvalue weighted by atomic mass is 10.0. The lowest BCUT2D eigenvalue weighted by Crippen LogP contribution is -2.47. The number of carbonyl (C=O) groups is 1. The molecule has 0 aromatic heterocycles. The molecule has 1 heterocycles. The Morgan fingerprint density at radius 2 is 2.15 bits per heavy atom. The predicted molar refractivity (Wildman–Crippen MR) is 82.4 cm³/mol. The van der Waals surface area contributed by atoms with Crippen LogP contribution in [-0.4, -0.2) is 29.9 Å². The van der Waals surface area contributed by atoms with Gasteiger partial charge in [0.2, 0.25) is 5.91 Å². The van der Waals surface area contributed by atoms with Crippen molar-refractivity contribution in [3.05, 3.63) is 35.9 Å². The average molecular weight is 274 g/mol. The van der Waals surface area contributed by atoms with Gasteiger partial charge in [0, 0.05) is 25.6 Å². The number of nitrogens with zero attached hydrogens (tertiary/aromatic N) is 1. The molecule has 1 aromatic carbocycles. The van der Waals surface area contributed by atoms with Gasteiger partial charge in [0.25, 0.3) is 0 Å².